The molecule has 110 valence electrons. The summed E-state index contributed by atoms with van der Waals surface area (Å²) in [4.78, 5) is 12.1. The number of halogens is 2. The molecule has 0 aliphatic rings. The Kier molecular flexibility index (Phi) is 5.65. The Morgan fingerprint density at radius 3 is 2.52 bits per heavy atom. The Morgan fingerprint density at radius 2 is 1.90 bits per heavy atom. The third kappa shape index (κ3) is 4.48. The number of carbonyl (C=O) groups is 1. The van der Waals surface area contributed by atoms with Gasteiger partial charge in [0, 0.05) is 5.02 Å². The summed E-state index contributed by atoms with van der Waals surface area (Å²) in [7, 11) is 0. The first-order valence-corrected chi connectivity index (χ1v) is 7.67. The van der Waals surface area contributed by atoms with Gasteiger partial charge < -0.3 is 9.47 Å². The normalized spacial score (nSPS) is 10.2. The molecule has 0 saturated heterocycles. The molecule has 0 heterocycles. The van der Waals surface area contributed by atoms with Crippen molar-refractivity contribution in [2.45, 2.75) is 13.3 Å². The average Bonchev–Trinajstić information content (AvgIpc) is 2.48. The molecular weight excluding hydrogens is 356 g/mol. The van der Waals surface area contributed by atoms with Crippen LogP contribution in [0.1, 0.15) is 23.7 Å². The maximum absolute atomic E-state index is 12.1. The first-order valence-electron chi connectivity index (χ1n) is 6.50. The fourth-order valence-electron chi connectivity index (χ4n) is 1.62. The number of carbonyl (C=O) groups excluding carboxylic acids is 1. The summed E-state index contributed by atoms with van der Waals surface area (Å²) >= 11 is 9.15. The largest absolute Gasteiger partial charge is 0.494 e. The van der Waals surface area contributed by atoms with Crippen LogP contribution in [0.5, 0.6) is 11.5 Å². The van der Waals surface area contributed by atoms with E-state index in [0.717, 1.165) is 12.2 Å². The molecule has 2 rings (SSSR count). The van der Waals surface area contributed by atoms with Gasteiger partial charge >= 0.3 is 5.97 Å². The van der Waals surface area contributed by atoms with Crippen molar-refractivity contribution in [3.05, 3.63) is 57.5 Å². The van der Waals surface area contributed by atoms with E-state index in [1.807, 2.05) is 6.92 Å². The van der Waals surface area contributed by atoms with E-state index in [2.05, 4.69) is 15.9 Å². The molecule has 2 aromatic carbocycles. The molecule has 0 spiro atoms. The van der Waals surface area contributed by atoms with E-state index >= 15 is 0 Å². The molecule has 21 heavy (non-hydrogen) atoms. The zero-order valence-electron chi connectivity index (χ0n) is 11.4. The lowest BCUT2D eigenvalue weighted by molar-refractivity contribution is 0.0733. The van der Waals surface area contributed by atoms with Crippen LogP contribution >= 0.6 is 27.5 Å². The third-order valence-corrected chi connectivity index (χ3v) is 3.51. The Morgan fingerprint density at radius 1 is 1.19 bits per heavy atom. The zero-order chi connectivity index (χ0) is 15.2. The maximum Gasteiger partial charge on any atom is 0.343 e. The lowest BCUT2D eigenvalue weighted by Gasteiger charge is -2.08. The van der Waals surface area contributed by atoms with Crippen LogP contribution in [0.3, 0.4) is 0 Å². The SMILES string of the molecule is CCCOc1ccc(C(=O)Oc2ccc(Cl)cc2Br)cc1. The lowest BCUT2D eigenvalue weighted by Crippen LogP contribution is -2.08. The molecule has 0 aliphatic carbocycles. The molecule has 0 atom stereocenters. The van der Waals surface area contributed by atoms with Crippen LogP contribution in [-0.2, 0) is 0 Å². The molecule has 3 nitrogen and oxygen atoms in total. The Bertz CT molecular complexity index is 626. The Labute approximate surface area is 137 Å². The molecule has 5 heteroatoms. The van der Waals surface area contributed by atoms with Crippen molar-refractivity contribution < 1.29 is 14.3 Å². The van der Waals surface area contributed by atoms with E-state index in [-0.39, 0.29) is 0 Å². The molecule has 0 saturated carbocycles. The summed E-state index contributed by atoms with van der Waals surface area (Å²) in [6.07, 6.45) is 0.939. The van der Waals surface area contributed by atoms with Crippen molar-refractivity contribution >= 4 is 33.5 Å². The topological polar surface area (TPSA) is 35.5 Å². The molecular formula is C16H14BrClO3. The van der Waals surface area contributed by atoms with Crippen LogP contribution < -0.4 is 9.47 Å². The van der Waals surface area contributed by atoms with E-state index in [9.17, 15) is 4.79 Å². The van der Waals surface area contributed by atoms with Gasteiger partial charge in [-0.2, -0.15) is 0 Å². The minimum absolute atomic E-state index is 0.427. The second kappa shape index (κ2) is 7.48. The summed E-state index contributed by atoms with van der Waals surface area (Å²) in [6.45, 7) is 2.69. The molecule has 0 aliphatic heterocycles. The molecule has 0 unspecified atom stereocenters. The van der Waals surface area contributed by atoms with Gasteiger partial charge in [0.2, 0.25) is 0 Å². The van der Waals surface area contributed by atoms with Crippen LogP contribution in [0.2, 0.25) is 5.02 Å². The summed E-state index contributed by atoms with van der Waals surface area (Å²) in [5.74, 6) is 0.733. The van der Waals surface area contributed by atoms with Gasteiger partial charge in [0.1, 0.15) is 11.5 Å². The average molecular weight is 370 g/mol. The summed E-state index contributed by atoms with van der Waals surface area (Å²) in [5, 5.41) is 0.569. The number of hydrogen-bond donors (Lipinski definition) is 0. The molecule has 2 aromatic rings. The van der Waals surface area contributed by atoms with Gasteiger partial charge in [-0.25, -0.2) is 4.79 Å². The van der Waals surface area contributed by atoms with Crippen molar-refractivity contribution in [2.24, 2.45) is 0 Å². The molecule has 0 N–H and O–H groups in total. The van der Waals surface area contributed by atoms with Crippen LogP contribution in [0.4, 0.5) is 0 Å². The fraction of sp³-hybridized carbons (Fsp3) is 0.188. The smallest absolute Gasteiger partial charge is 0.343 e. The minimum atomic E-state index is -0.430. The predicted molar refractivity (Wildman–Crippen MR) is 86.3 cm³/mol. The predicted octanol–water partition coefficient (Wildman–Crippen LogP) is 5.11. The zero-order valence-corrected chi connectivity index (χ0v) is 13.8. The van der Waals surface area contributed by atoms with Crippen molar-refractivity contribution in [1.82, 2.24) is 0 Å². The molecule has 0 aromatic heterocycles. The molecule has 0 bridgehead atoms. The second-order valence-electron chi connectivity index (χ2n) is 4.34. The highest BCUT2D eigenvalue weighted by Crippen LogP contribution is 2.28. The highest BCUT2D eigenvalue weighted by molar-refractivity contribution is 9.10. The Hall–Kier alpha value is -1.52. The Balaban J connectivity index is 2.06. The lowest BCUT2D eigenvalue weighted by atomic mass is 10.2. The van der Waals surface area contributed by atoms with Gasteiger partial charge in [0.15, 0.2) is 0 Å². The van der Waals surface area contributed by atoms with E-state index in [1.165, 1.54) is 0 Å². The van der Waals surface area contributed by atoms with Crippen molar-refractivity contribution in [2.75, 3.05) is 6.61 Å². The van der Waals surface area contributed by atoms with E-state index in [4.69, 9.17) is 21.1 Å². The van der Waals surface area contributed by atoms with Crippen LogP contribution in [0.15, 0.2) is 46.9 Å². The monoisotopic (exact) mass is 368 g/mol. The van der Waals surface area contributed by atoms with Gasteiger partial charge in [-0.1, -0.05) is 18.5 Å². The maximum atomic E-state index is 12.1. The van der Waals surface area contributed by atoms with E-state index in [0.29, 0.717) is 27.4 Å². The molecule has 0 amide bonds. The van der Waals surface area contributed by atoms with Gasteiger partial charge in [0.05, 0.1) is 16.6 Å². The molecule has 0 radical (unpaired) electrons. The van der Waals surface area contributed by atoms with Crippen LogP contribution in [0, 0.1) is 0 Å². The quantitative estimate of drug-likeness (QED) is 0.542. The number of esters is 1. The first-order chi connectivity index (χ1) is 10.1. The van der Waals surface area contributed by atoms with Crippen molar-refractivity contribution in [1.29, 1.82) is 0 Å². The van der Waals surface area contributed by atoms with E-state index in [1.54, 1.807) is 42.5 Å². The highest BCUT2D eigenvalue weighted by Gasteiger charge is 2.11. The van der Waals surface area contributed by atoms with Crippen molar-refractivity contribution in [3.63, 3.8) is 0 Å². The van der Waals surface area contributed by atoms with Crippen LogP contribution in [-0.4, -0.2) is 12.6 Å². The summed E-state index contributed by atoms with van der Waals surface area (Å²) in [5.41, 5.74) is 0.459. The standard InChI is InChI=1S/C16H14BrClO3/c1-2-9-20-13-6-3-11(4-7-13)16(19)21-15-8-5-12(18)10-14(15)17/h3-8,10H,2,9H2,1H3. The number of rotatable bonds is 5. The van der Waals surface area contributed by atoms with Crippen molar-refractivity contribution in [3.8, 4) is 11.5 Å². The number of benzene rings is 2. The second-order valence-corrected chi connectivity index (χ2v) is 5.63. The fourth-order valence-corrected chi connectivity index (χ4v) is 2.39. The number of hydrogen-bond acceptors (Lipinski definition) is 3. The summed E-state index contributed by atoms with van der Waals surface area (Å²) in [6, 6.07) is 11.8. The van der Waals surface area contributed by atoms with Gasteiger partial charge in [-0.15, -0.1) is 0 Å². The minimum Gasteiger partial charge on any atom is -0.494 e. The highest BCUT2D eigenvalue weighted by atomic mass is 79.9. The summed E-state index contributed by atoms with van der Waals surface area (Å²) < 4.78 is 11.4. The number of ether oxygens (including phenoxy) is 2. The molecule has 0 fully saturated rings. The van der Waals surface area contributed by atoms with Crippen LogP contribution in [0.25, 0.3) is 0 Å². The first kappa shape index (κ1) is 15.9. The third-order valence-electron chi connectivity index (χ3n) is 2.66. The van der Waals surface area contributed by atoms with Gasteiger partial charge in [-0.05, 0) is 64.8 Å². The van der Waals surface area contributed by atoms with Gasteiger partial charge in [0.25, 0.3) is 0 Å². The van der Waals surface area contributed by atoms with Gasteiger partial charge in [-0.3, -0.25) is 0 Å². The van der Waals surface area contributed by atoms with E-state index < -0.39 is 5.97 Å².